The smallest absolute Gasteiger partial charge is 0.125 e. The summed E-state index contributed by atoms with van der Waals surface area (Å²) in [6.07, 6.45) is 0. The van der Waals surface area contributed by atoms with Crippen LogP contribution in [0.5, 0.6) is 0 Å². The van der Waals surface area contributed by atoms with Gasteiger partial charge in [-0.3, -0.25) is 0 Å². The highest BCUT2D eigenvalue weighted by molar-refractivity contribution is 9.10. The third kappa shape index (κ3) is 3.71. The van der Waals surface area contributed by atoms with Crippen molar-refractivity contribution < 1.29 is 4.39 Å². The maximum atomic E-state index is 13.2. The number of anilines is 1. The molecule has 0 heterocycles. The average Bonchev–Trinajstić information content (AvgIpc) is 2.25. The number of rotatable bonds is 3. The largest absolute Gasteiger partial charge is 0.381 e. The Kier molecular flexibility index (Phi) is 4.48. The van der Waals surface area contributed by atoms with Crippen LogP contribution >= 0.6 is 27.5 Å². The normalized spacial score (nSPS) is 10.6. The van der Waals surface area contributed by atoms with Gasteiger partial charge in [0.25, 0.3) is 0 Å². The molecule has 0 saturated heterocycles. The van der Waals surface area contributed by atoms with Crippen LogP contribution in [-0.2, 0) is 6.54 Å². The maximum Gasteiger partial charge on any atom is 0.125 e. The van der Waals surface area contributed by atoms with E-state index < -0.39 is 0 Å². The summed E-state index contributed by atoms with van der Waals surface area (Å²) in [5, 5.41) is 3.75. The molecular formula is C15H14BrClFN. The van der Waals surface area contributed by atoms with Crippen LogP contribution in [0.1, 0.15) is 16.7 Å². The second kappa shape index (κ2) is 5.93. The zero-order chi connectivity index (χ0) is 14.0. The first kappa shape index (κ1) is 14.4. The predicted octanol–water partition coefficient (Wildman–Crippen LogP) is 5.47. The van der Waals surface area contributed by atoms with Crippen molar-refractivity contribution in [2.45, 2.75) is 20.4 Å². The molecule has 1 N–H and O–H groups in total. The predicted molar refractivity (Wildman–Crippen MR) is 82.4 cm³/mol. The molecule has 0 fully saturated rings. The van der Waals surface area contributed by atoms with Crippen LogP contribution in [0.15, 0.2) is 34.8 Å². The maximum absolute atomic E-state index is 13.2. The Bertz CT molecular complexity index is 570. The third-order valence-electron chi connectivity index (χ3n) is 2.89. The molecule has 0 spiro atoms. The van der Waals surface area contributed by atoms with E-state index in [1.165, 1.54) is 12.1 Å². The molecule has 100 valence electrons. The van der Waals surface area contributed by atoms with E-state index in [2.05, 4.69) is 21.2 Å². The fourth-order valence-electron chi connectivity index (χ4n) is 2.09. The summed E-state index contributed by atoms with van der Waals surface area (Å²) in [6.45, 7) is 4.62. The number of hydrogen-bond acceptors (Lipinski definition) is 1. The van der Waals surface area contributed by atoms with Gasteiger partial charge in [0, 0.05) is 21.7 Å². The molecule has 0 aliphatic carbocycles. The van der Waals surface area contributed by atoms with Crippen LogP contribution in [0, 0.1) is 19.7 Å². The molecule has 0 unspecified atom stereocenters. The quantitative estimate of drug-likeness (QED) is 0.780. The van der Waals surface area contributed by atoms with Gasteiger partial charge in [-0.2, -0.15) is 0 Å². The Morgan fingerprint density at radius 1 is 1.11 bits per heavy atom. The standard InChI is InChI=1S/C15H14BrClFN/c1-9-3-12(16)4-10(2)15(9)19-8-11-5-13(17)7-14(18)6-11/h3-7,19H,8H2,1-2H3. The van der Waals surface area contributed by atoms with Gasteiger partial charge in [-0.1, -0.05) is 27.5 Å². The van der Waals surface area contributed by atoms with Crippen molar-refractivity contribution in [2.24, 2.45) is 0 Å². The Hall–Kier alpha value is -1.06. The van der Waals surface area contributed by atoms with Crippen molar-refractivity contribution in [1.82, 2.24) is 0 Å². The minimum absolute atomic E-state index is 0.312. The van der Waals surface area contributed by atoms with E-state index in [-0.39, 0.29) is 5.82 Å². The third-order valence-corrected chi connectivity index (χ3v) is 3.57. The topological polar surface area (TPSA) is 12.0 Å². The van der Waals surface area contributed by atoms with Gasteiger partial charge < -0.3 is 5.32 Å². The van der Waals surface area contributed by atoms with Gasteiger partial charge in [0.15, 0.2) is 0 Å². The summed E-state index contributed by atoms with van der Waals surface area (Å²) < 4.78 is 14.3. The van der Waals surface area contributed by atoms with E-state index >= 15 is 0 Å². The molecule has 0 amide bonds. The number of nitrogens with one attached hydrogen (secondary N) is 1. The van der Waals surface area contributed by atoms with Crippen molar-refractivity contribution in [3.8, 4) is 0 Å². The Labute approximate surface area is 125 Å². The molecule has 0 aliphatic rings. The minimum atomic E-state index is -0.312. The molecule has 1 nitrogen and oxygen atoms in total. The van der Waals surface area contributed by atoms with Gasteiger partial charge in [-0.05, 0) is 60.9 Å². The molecule has 0 radical (unpaired) electrons. The first-order chi connectivity index (χ1) is 8.95. The fourth-order valence-corrected chi connectivity index (χ4v) is 3.02. The lowest BCUT2D eigenvalue weighted by Crippen LogP contribution is -2.03. The van der Waals surface area contributed by atoms with Crippen molar-refractivity contribution in [2.75, 3.05) is 5.32 Å². The molecule has 4 heteroatoms. The van der Waals surface area contributed by atoms with Crippen molar-refractivity contribution in [1.29, 1.82) is 0 Å². The van der Waals surface area contributed by atoms with E-state index in [0.717, 1.165) is 26.9 Å². The van der Waals surface area contributed by atoms with Crippen LogP contribution in [0.4, 0.5) is 10.1 Å². The minimum Gasteiger partial charge on any atom is -0.381 e. The Morgan fingerprint density at radius 2 is 1.74 bits per heavy atom. The molecule has 2 aromatic carbocycles. The molecule has 0 bridgehead atoms. The summed E-state index contributed by atoms with van der Waals surface area (Å²) in [7, 11) is 0. The molecular weight excluding hydrogens is 329 g/mol. The zero-order valence-electron chi connectivity index (χ0n) is 10.7. The molecule has 0 atom stereocenters. The number of benzene rings is 2. The van der Waals surface area contributed by atoms with Crippen LogP contribution in [0.3, 0.4) is 0 Å². The average molecular weight is 343 g/mol. The van der Waals surface area contributed by atoms with E-state index in [4.69, 9.17) is 11.6 Å². The lowest BCUT2D eigenvalue weighted by molar-refractivity contribution is 0.626. The van der Waals surface area contributed by atoms with E-state index in [1.807, 2.05) is 26.0 Å². The lowest BCUT2D eigenvalue weighted by atomic mass is 10.1. The molecule has 19 heavy (non-hydrogen) atoms. The van der Waals surface area contributed by atoms with Crippen LogP contribution < -0.4 is 5.32 Å². The summed E-state index contributed by atoms with van der Waals surface area (Å²) in [6, 6.07) is 8.66. The first-order valence-electron chi connectivity index (χ1n) is 5.91. The van der Waals surface area contributed by atoms with Gasteiger partial charge in [-0.25, -0.2) is 4.39 Å². The van der Waals surface area contributed by atoms with Crippen molar-refractivity contribution in [3.63, 3.8) is 0 Å². The Morgan fingerprint density at radius 3 is 2.32 bits per heavy atom. The molecule has 0 saturated carbocycles. The molecule has 2 aromatic rings. The zero-order valence-corrected chi connectivity index (χ0v) is 13.1. The Balaban J connectivity index is 2.19. The number of aryl methyl sites for hydroxylation is 2. The first-order valence-corrected chi connectivity index (χ1v) is 7.08. The van der Waals surface area contributed by atoms with Crippen molar-refractivity contribution >= 4 is 33.2 Å². The second-order valence-electron chi connectivity index (χ2n) is 4.55. The van der Waals surface area contributed by atoms with Gasteiger partial charge in [0.1, 0.15) is 5.82 Å². The van der Waals surface area contributed by atoms with Gasteiger partial charge in [0.05, 0.1) is 0 Å². The molecule has 2 rings (SSSR count). The van der Waals surface area contributed by atoms with Crippen LogP contribution in [-0.4, -0.2) is 0 Å². The van der Waals surface area contributed by atoms with Crippen LogP contribution in [0.2, 0.25) is 5.02 Å². The van der Waals surface area contributed by atoms with Gasteiger partial charge in [0.2, 0.25) is 0 Å². The molecule has 0 aromatic heterocycles. The fraction of sp³-hybridized carbons (Fsp3) is 0.200. The second-order valence-corrected chi connectivity index (χ2v) is 5.90. The molecule has 0 aliphatic heterocycles. The highest BCUT2D eigenvalue weighted by Crippen LogP contribution is 2.26. The number of halogens is 3. The summed E-state index contributed by atoms with van der Waals surface area (Å²) >= 11 is 9.31. The highest BCUT2D eigenvalue weighted by atomic mass is 79.9. The summed E-state index contributed by atoms with van der Waals surface area (Å²) in [4.78, 5) is 0. The highest BCUT2D eigenvalue weighted by Gasteiger charge is 2.05. The van der Waals surface area contributed by atoms with E-state index in [9.17, 15) is 4.39 Å². The van der Waals surface area contributed by atoms with E-state index in [0.29, 0.717) is 11.6 Å². The van der Waals surface area contributed by atoms with E-state index in [1.54, 1.807) is 6.07 Å². The monoisotopic (exact) mass is 341 g/mol. The van der Waals surface area contributed by atoms with Gasteiger partial charge in [-0.15, -0.1) is 0 Å². The lowest BCUT2D eigenvalue weighted by Gasteiger charge is -2.13. The SMILES string of the molecule is Cc1cc(Br)cc(C)c1NCc1cc(F)cc(Cl)c1. The van der Waals surface area contributed by atoms with Crippen LogP contribution in [0.25, 0.3) is 0 Å². The number of hydrogen-bond donors (Lipinski definition) is 1. The summed E-state index contributed by atoms with van der Waals surface area (Å²) in [5.41, 5.74) is 4.19. The van der Waals surface area contributed by atoms with Crippen molar-refractivity contribution in [3.05, 3.63) is 62.3 Å². The summed E-state index contributed by atoms with van der Waals surface area (Å²) in [5.74, 6) is -0.312. The van der Waals surface area contributed by atoms with Gasteiger partial charge >= 0.3 is 0 Å².